The van der Waals surface area contributed by atoms with E-state index in [4.69, 9.17) is 0 Å². The smallest absolute Gasteiger partial charge is 0.259 e. The van der Waals surface area contributed by atoms with E-state index in [9.17, 15) is 9.18 Å². The average molecular weight is 416 g/mol. The molecule has 0 spiro atoms. The molecule has 156 valence electrons. The molecule has 3 unspecified atom stereocenters. The molecule has 2 saturated carbocycles. The SMILES string of the molecule is C=C(CCC)C(=O)N(S)C(CC)C1C2CC(n3cnc4cc(C)c(F)cc43)CC21. The second kappa shape index (κ2) is 7.78. The number of imidazole rings is 1. The Labute approximate surface area is 177 Å². The largest absolute Gasteiger partial charge is 0.327 e. The van der Waals surface area contributed by atoms with Crippen molar-refractivity contribution < 1.29 is 9.18 Å². The predicted octanol–water partition coefficient (Wildman–Crippen LogP) is 5.49. The fourth-order valence-corrected chi connectivity index (χ4v) is 5.89. The summed E-state index contributed by atoms with van der Waals surface area (Å²) in [7, 11) is 0. The highest BCUT2D eigenvalue weighted by atomic mass is 32.1. The normalized spacial score (nSPS) is 26.4. The second-order valence-electron chi connectivity index (χ2n) is 8.75. The van der Waals surface area contributed by atoms with Gasteiger partial charge in [0.15, 0.2) is 0 Å². The first-order chi connectivity index (χ1) is 13.9. The van der Waals surface area contributed by atoms with Crippen molar-refractivity contribution in [1.29, 1.82) is 0 Å². The number of benzene rings is 1. The lowest BCUT2D eigenvalue weighted by Crippen LogP contribution is -2.36. The van der Waals surface area contributed by atoms with Crippen molar-refractivity contribution in [2.75, 3.05) is 0 Å². The summed E-state index contributed by atoms with van der Waals surface area (Å²) in [5.74, 6) is 1.48. The van der Waals surface area contributed by atoms with Gasteiger partial charge in [0.25, 0.3) is 5.91 Å². The Kier molecular flexibility index (Phi) is 5.49. The first-order valence-electron chi connectivity index (χ1n) is 10.7. The third kappa shape index (κ3) is 3.49. The number of amides is 1. The Morgan fingerprint density at radius 2 is 2.07 bits per heavy atom. The molecule has 2 aliphatic rings. The molecule has 1 aromatic carbocycles. The molecule has 4 rings (SSSR count). The molecule has 0 radical (unpaired) electrons. The van der Waals surface area contributed by atoms with E-state index in [1.165, 1.54) is 0 Å². The first kappa shape index (κ1) is 20.5. The van der Waals surface area contributed by atoms with Gasteiger partial charge in [0.1, 0.15) is 5.82 Å². The maximum Gasteiger partial charge on any atom is 0.259 e. The van der Waals surface area contributed by atoms with Gasteiger partial charge in [-0.3, -0.25) is 9.10 Å². The highest BCUT2D eigenvalue weighted by Gasteiger charge is 2.60. The first-order valence-corrected chi connectivity index (χ1v) is 11.1. The second-order valence-corrected chi connectivity index (χ2v) is 9.18. The number of aromatic nitrogens is 2. The minimum absolute atomic E-state index is 0.0324. The van der Waals surface area contributed by atoms with Crippen LogP contribution in [0.3, 0.4) is 0 Å². The summed E-state index contributed by atoms with van der Waals surface area (Å²) in [6.07, 6.45) is 6.49. The van der Waals surface area contributed by atoms with Gasteiger partial charge in [-0.25, -0.2) is 9.37 Å². The zero-order valence-electron chi connectivity index (χ0n) is 17.4. The Bertz CT molecular complexity index is 943. The molecule has 0 saturated heterocycles. The molecule has 2 fully saturated rings. The molecular formula is C23H30FN3OS. The summed E-state index contributed by atoms with van der Waals surface area (Å²) < 4.78 is 17.9. The van der Waals surface area contributed by atoms with Gasteiger partial charge in [-0.1, -0.05) is 39.7 Å². The molecule has 0 aliphatic heterocycles. The van der Waals surface area contributed by atoms with Gasteiger partial charge in [0, 0.05) is 23.7 Å². The fourth-order valence-electron chi connectivity index (χ4n) is 5.43. The molecule has 0 bridgehead atoms. The van der Waals surface area contributed by atoms with Crippen LogP contribution >= 0.6 is 12.8 Å². The topological polar surface area (TPSA) is 38.1 Å². The van der Waals surface area contributed by atoms with Crippen LogP contribution in [-0.2, 0) is 4.79 Å². The monoisotopic (exact) mass is 415 g/mol. The number of carbonyl (C=O) groups is 1. The number of hydrogen-bond acceptors (Lipinski definition) is 3. The molecule has 1 aromatic heterocycles. The number of aryl methyl sites for hydroxylation is 1. The lowest BCUT2D eigenvalue weighted by atomic mass is 9.98. The molecule has 1 heterocycles. The van der Waals surface area contributed by atoms with Gasteiger partial charge in [-0.05, 0) is 62.0 Å². The molecule has 0 N–H and O–H groups in total. The third-order valence-electron chi connectivity index (χ3n) is 6.97. The minimum atomic E-state index is -0.178. The standard InChI is InChI=1S/C23H30FN3OS/c1-5-7-13(3)23(28)27(29)20(6-2)22-16-9-15(10-17(16)22)26-12-25-19-8-14(4)18(24)11-21(19)26/h8,11-12,15-17,20,22,29H,3,5-7,9-10H2,1-2,4H3. The van der Waals surface area contributed by atoms with Gasteiger partial charge in [-0.2, -0.15) is 0 Å². The lowest BCUT2D eigenvalue weighted by Gasteiger charge is -2.29. The summed E-state index contributed by atoms with van der Waals surface area (Å²) in [6, 6.07) is 3.93. The summed E-state index contributed by atoms with van der Waals surface area (Å²) in [6.45, 7) is 9.89. The number of halogens is 1. The highest BCUT2D eigenvalue weighted by Crippen LogP contribution is 2.63. The van der Waals surface area contributed by atoms with Crippen molar-refractivity contribution in [2.45, 2.75) is 65.0 Å². The van der Waals surface area contributed by atoms with Crippen LogP contribution in [0.2, 0.25) is 0 Å². The fraction of sp³-hybridized carbons (Fsp3) is 0.565. The van der Waals surface area contributed by atoms with Crippen LogP contribution in [0.4, 0.5) is 4.39 Å². The highest BCUT2D eigenvalue weighted by molar-refractivity contribution is 7.78. The van der Waals surface area contributed by atoms with Crippen LogP contribution in [0.25, 0.3) is 11.0 Å². The molecule has 29 heavy (non-hydrogen) atoms. The van der Waals surface area contributed by atoms with E-state index < -0.39 is 0 Å². The molecule has 1 amide bonds. The van der Waals surface area contributed by atoms with Crippen LogP contribution in [0, 0.1) is 30.5 Å². The van der Waals surface area contributed by atoms with E-state index >= 15 is 0 Å². The minimum Gasteiger partial charge on any atom is -0.327 e. The summed E-state index contributed by atoms with van der Waals surface area (Å²) >= 11 is 4.57. The van der Waals surface area contributed by atoms with E-state index in [0.717, 1.165) is 43.1 Å². The Morgan fingerprint density at radius 1 is 1.38 bits per heavy atom. The zero-order chi connectivity index (χ0) is 20.9. The van der Waals surface area contributed by atoms with Crippen molar-refractivity contribution >= 4 is 29.8 Å². The van der Waals surface area contributed by atoms with Crippen LogP contribution in [0.1, 0.15) is 57.6 Å². The number of hydrogen-bond donors (Lipinski definition) is 1. The van der Waals surface area contributed by atoms with Crippen molar-refractivity contribution in [3.63, 3.8) is 0 Å². The van der Waals surface area contributed by atoms with Crippen LogP contribution < -0.4 is 0 Å². The lowest BCUT2D eigenvalue weighted by molar-refractivity contribution is -0.124. The maximum atomic E-state index is 14.1. The average Bonchev–Trinajstić information content (AvgIpc) is 3.04. The van der Waals surface area contributed by atoms with Gasteiger partial charge < -0.3 is 4.57 Å². The Morgan fingerprint density at radius 3 is 2.69 bits per heavy atom. The molecule has 2 aromatic rings. The maximum absolute atomic E-state index is 14.1. The Hall–Kier alpha value is -1.82. The van der Waals surface area contributed by atoms with Crippen LogP contribution in [-0.4, -0.2) is 25.8 Å². The number of thiol groups is 1. The van der Waals surface area contributed by atoms with E-state index in [2.05, 4.69) is 42.8 Å². The number of nitrogens with zero attached hydrogens (tertiary/aromatic N) is 3. The quantitative estimate of drug-likeness (QED) is 0.480. The van der Waals surface area contributed by atoms with E-state index in [-0.39, 0.29) is 17.8 Å². The van der Waals surface area contributed by atoms with Gasteiger partial charge in [0.2, 0.25) is 0 Å². The van der Waals surface area contributed by atoms with Gasteiger partial charge in [-0.15, -0.1) is 0 Å². The third-order valence-corrected chi connectivity index (χ3v) is 7.45. The molecule has 4 nitrogen and oxygen atoms in total. The van der Waals surface area contributed by atoms with E-state index in [1.807, 2.05) is 12.4 Å². The Balaban J connectivity index is 1.45. The number of rotatable bonds is 7. The summed E-state index contributed by atoms with van der Waals surface area (Å²) in [4.78, 5) is 17.1. The van der Waals surface area contributed by atoms with Crippen LogP contribution in [0.15, 0.2) is 30.6 Å². The van der Waals surface area contributed by atoms with Crippen molar-refractivity contribution in [1.82, 2.24) is 13.9 Å². The van der Waals surface area contributed by atoms with Crippen molar-refractivity contribution in [3.8, 4) is 0 Å². The van der Waals surface area contributed by atoms with E-state index in [0.29, 0.717) is 34.9 Å². The predicted molar refractivity (Wildman–Crippen MR) is 117 cm³/mol. The van der Waals surface area contributed by atoms with Crippen molar-refractivity contribution in [3.05, 3.63) is 42.0 Å². The molecule has 2 aliphatic carbocycles. The molecule has 3 atom stereocenters. The van der Waals surface area contributed by atoms with Gasteiger partial charge >= 0.3 is 0 Å². The molecule has 6 heteroatoms. The summed E-state index contributed by atoms with van der Waals surface area (Å²) in [5, 5.41) is 0. The zero-order valence-corrected chi connectivity index (χ0v) is 18.3. The number of fused-ring (bicyclic) bond motifs is 2. The number of carbonyl (C=O) groups excluding carboxylic acids is 1. The van der Waals surface area contributed by atoms with Gasteiger partial charge in [0.05, 0.1) is 17.4 Å². The summed E-state index contributed by atoms with van der Waals surface area (Å²) in [5.41, 5.74) is 3.01. The molecular weight excluding hydrogens is 385 g/mol. The van der Waals surface area contributed by atoms with Crippen molar-refractivity contribution in [2.24, 2.45) is 17.8 Å². The van der Waals surface area contributed by atoms with Crippen LogP contribution in [0.5, 0.6) is 0 Å². The van der Waals surface area contributed by atoms with E-state index in [1.54, 1.807) is 17.3 Å².